The quantitative estimate of drug-likeness (QED) is 0.859. The van der Waals surface area contributed by atoms with Crippen molar-refractivity contribution in [1.29, 1.82) is 0 Å². The molecule has 0 unspecified atom stereocenters. The van der Waals surface area contributed by atoms with E-state index in [9.17, 15) is 21.6 Å². The Morgan fingerprint density at radius 1 is 1.45 bits per heavy atom. The van der Waals surface area contributed by atoms with Crippen molar-refractivity contribution in [3.8, 4) is 0 Å². The van der Waals surface area contributed by atoms with Crippen LogP contribution in [0.1, 0.15) is 19.8 Å². The van der Waals surface area contributed by atoms with E-state index >= 15 is 0 Å². The number of hydrogen-bond donors (Lipinski definition) is 1. The van der Waals surface area contributed by atoms with E-state index in [2.05, 4.69) is 5.10 Å². The molecule has 0 saturated carbocycles. The maximum Gasteiger partial charge on any atom is 0.402 e. The van der Waals surface area contributed by atoms with Gasteiger partial charge < -0.3 is 5.73 Å². The number of unbranched alkanes of at least 4 members (excludes halogenated alkanes) is 1. The number of aromatic nitrogens is 2. The van der Waals surface area contributed by atoms with Gasteiger partial charge in [-0.15, -0.1) is 0 Å². The Kier molecular flexibility index (Phi) is 5.03. The molecule has 0 saturated heterocycles. The molecular formula is C10H17F3N4O2S. The summed E-state index contributed by atoms with van der Waals surface area (Å²) in [6, 6.07) is 0. The van der Waals surface area contributed by atoms with Gasteiger partial charge in [-0.05, 0) is 6.42 Å². The molecule has 0 aliphatic heterocycles. The first-order valence-corrected chi connectivity index (χ1v) is 7.38. The van der Waals surface area contributed by atoms with E-state index in [4.69, 9.17) is 5.73 Å². The van der Waals surface area contributed by atoms with Crippen LogP contribution in [0.5, 0.6) is 0 Å². The van der Waals surface area contributed by atoms with Crippen molar-refractivity contribution in [2.45, 2.75) is 30.8 Å². The van der Waals surface area contributed by atoms with Gasteiger partial charge in [0.2, 0.25) is 10.0 Å². The normalized spacial score (nSPS) is 13.1. The summed E-state index contributed by atoms with van der Waals surface area (Å²) in [7, 11) is -2.87. The number of hydrogen-bond acceptors (Lipinski definition) is 4. The van der Waals surface area contributed by atoms with Crippen LogP contribution < -0.4 is 5.73 Å². The third kappa shape index (κ3) is 4.10. The van der Waals surface area contributed by atoms with Gasteiger partial charge in [0.15, 0.2) is 5.82 Å². The van der Waals surface area contributed by atoms with Crippen LogP contribution in [0, 0.1) is 0 Å². The van der Waals surface area contributed by atoms with Gasteiger partial charge in [-0.25, -0.2) is 8.42 Å². The van der Waals surface area contributed by atoms with Crippen LogP contribution in [-0.2, 0) is 17.1 Å². The van der Waals surface area contributed by atoms with Crippen molar-refractivity contribution in [3.05, 3.63) is 6.20 Å². The highest BCUT2D eigenvalue weighted by atomic mass is 32.2. The van der Waals surface area contributed by atoms with Gasteiger partial charge in [0.25, 0.3) is 0 Å². The number of nitrogens with two attached hydrogens (primary N) is 1. The molecule has 0 aliphatic carbocycles. The fourth-order valence-corrected chi connectivity index (χ4v) is 3.20. The van der Waals surface area contributed by atoms with Gasteiger partial charge in [0.05, 0.1) is 0 Å². The van der Waals surface area contributed by atoms with Gasteiger partial charge >= 0.3 is 6.18 Å². The smallest absolute Gasteiger partial charge is 0.381 e. The summed E-state index contributed by atoms with van der Waals surface area (Å²) >= 11 is 0. The molecule has 0 fully saturated rings. The summed E-state index contributed by atoms with van der Waals surface area (Å²) in [5.41, 5.74) is 5.44. The molecule has 0 aliphatic rings. The van der Waals surface area contributed by atoms with Crippen LogP contribution in [0.4, 0.5) is 19.0 Å². The first kappa shape index (κ1) is 16.8. The third-order valence-corrected chi connectivity index (χ3v) is 4.42. The summed E-state index contributed by atoms with van der Waals surface area (Å²) in [5, 5.41) is 3.64. The fourth-order valence-electron chi connectivity index (χ4n) is 1.64. The van der Waals surface area contributed by atoms with E-state index in [-0.39, 0.29) is 12.4 Å². The van der Waals surface area contributed by atoms with Gasteiger partial charge in [-0.1, -0.05) is 13.3 Å². The Morgan fingerprint density at radius 3 is 2.45 bits per heavy atom. The zero-order chi connectivity index (χ0) is 15.6. The SMILES string of the molecule is CCCCN(CC(F)(F)F)S(=O)(=O)c1cn(C)nc1N. The highest BCUT2D eigenvalue weighted by Gasteiger charge is 2.38. The minimum absolute atomic E-state index is 0.216. The second-order valence-corrected chi connectivity index (χ2v) is 6.27. The molecule has 1 rings (SSSR count). The van der Waals surface area contributed by atoms with E-state index < -0.39 is 27.6 Å². The van der Waals surface area contributed by atoms with Crippen molar-refractivity contribution in [2.75, 3.05) is 18.8 Å². The van der Waals surface area contributed by atoms with Crippen LogP contribution >= 0.6 is 0 Å². The minimum atomic E-state index is -4.61. The second kappa shape index (κ2) is 6.00. The molecule has 20 heavy (non-hydrogen) atoms. The number of alkyl halides is 3. The monoisotopic (exact) mass is 314 g/mol. The molecule has 0 atom stereocenters. The topological polar surface area (TPSA) is 81.2 Å². The summed E-state index contributed by atoms with van der Waals surface area (Å²) < 4.78 is 63.6. The molecule has 0 spiro atoms. The van der Waals surface area contributed by atoms with Crippen LogP contribution in [0.25, 0.3) is 0 Å². The Balaban J connectivity index is 3.13. The van der Waals surface area contributed by atoms with E-state index in [1.807, 2.05) is 0 Å². The number of sulfonamides is 1. The lowest BCUT2D eigenvalue weighted by Gasteiger charge is -2.22. The fraction of sp³-hybridized carbons (Fsp3) is 0.700. The van der Waals surface area contributed by atoms with E-state index in [1.165, 1.54) is 7.05 Å². The number of rotatable bonds is 6. The number of halogens is 3. The average molecular weight is 314 g/mol. The largest absolute Gasteiger partial charge is 0.402 e. The summed E-state index contributed by atoms with van der Waals surface area (Å²) in [6.45, 7) is 0.00711. The van der Waals surface area contributed by atoms with Gasteiger partial charge in [0, 0.05) is 19.8 Å². The predicted molar refractivity (Wildman–Crippen MR) is 67.3 cm³/mol. The number of anilines is 1. The first-order valence-electron chi connectivity index (χ1n) is 5.94. The number of aryl methyl sites for hydroxylation is 1. The zero-order valence-corrected chi connectivity index (χ0v) is 12.0. The highest BCUT2D eigenvalue weighted by molar-refractivity contribution is 7.89. The standard InChI is InChI=1S/C10H17F3N4O2S/c1-3-4-5-17(7-10(11,12)13)20(18,19)8-6-16(2)15-9(8)14/h6H,3-5,7H2,1-2H3,(H2,14,15). The van der Waals surface area contributed by atoms with Gasteiger partial charge in [0.1, 0.15) is 11.4 Å². The lowest BCUT2D eigenvalue weighted by molar-refractivity contribution is -0.136. The highest BCUT2D eigenvalue weighted by Crippen LogP contribution is 2.25. The van der Waals surface area contributed by atoms with Crippen LogP contribution in [0.15, 0.2) is 11.1 Å². The molecular weight excluding hydrogens is 297 g/mol. The van der Waals surface area contributed by atoms with Crippen molar-refractivity contribution < 1.29 is 21.6 Å². The molecule has 0 radical (unpaired) electrons. The molecule has 1 aromatic heterocycles. The lowest BCUT2D eigenvalue weighted by Crippen LogP contribution is -2.39. The Morgan fingerprint density at radius 2 is 2.05 bits per heavy atom. The zero-order valence-electron chi connectivity index (χ0n) is 11.2. The maximum absolute atomic E-state index is 12.5. The van der Waals surface area contributed by atoms with E-state index in [0.717, 1.165) is 10.9 Å². The average Bonchev–Trinajstić information content (AvgIpc) is 2.62. The van der Waals surface area contributed by atoms with Crippen molar-refractivity contribution in [2.24, 2.45) is 7.05 Å². The Hall–Kier alpha value is -1.29. The summed E-state index contributed by atoms with van der Waals surface area (Å²) in [5.74, 6) is -0.309. The van der Waals surface area contributed by atoms with Gasteiger partial charge in [-0.3, -0.25) is 4.68 Å². The molecule has 0 aromatic carbocycles. The van der Waals surface area contributed by atoms with Crippen molar-refractivity contribution in [3.63, 3.8) is 0 Å². The maximum atomic E-state index is 12.5. The van der Waals surface area contributed by atoms with Crippen LogP contribution in [0.3, 0.4) is 0 Å². The van der Waals surface area contributed by atoms with Crippen molar-refractivity contribution >= 4 is 15.8 Å². The Labute approximate surface area is 115 Å². The molecule has 1 aromatic rings. The summed E-state index contributed by atoms with van der Waals surface area (Å²) in [6.07, 6.45) is -2.61. The molecule has 2 N–H and O–H groups in total. The molecule has 10 heteroatoms. The molecule has 1 heterocycles. The van der Waals surface area contributed by atoms with Crippen LogP contribution in [0.2, 0.25) is 0 Å². The molecule has 116 valence electrons. The number of nitrogens with zero attached hydrogens (tertiary/aromatic N) is 3. The lowest BCUT2D eigenvalue weighted by atomic mass is 10.3. The van der Waals surface area contributed by atoms with Crippen LogP contribution in [-0.4, -0.2) is 41.8 Å². The first-order chi connectivity index (χ1) is 9.08. The minimum Gasteiger partial charge on any atom is -0.381 e. The number of nitrogen functional groups attached to an aromatic ring is 1. The van der Waals surface area contributed by atoms with E-state index in [1.54, 1.807) is 6.92 Å². The third-order valence-electron chi connectivity index (χ3n) is 2.56. The summed E-state index contributed by atoms with van der Waals surface area (Å²) in [4.78, 5) is -0.402. The predicted octanol–water partition coefficient (Wildman–Crippen LogP) is 1.36. The van der Waals surface area contributed by atoms with E-state index in [0.29, 0.717) is 17.1 Å². The molecule has 0 amide bonds. The Bertz CT molecular complexity index is 553. The molecule has 0 bridgehead atoms. The molecule has 6 nitrogen and oxygen atoms in total. The second-order valence-electron chi connectivity index (χ2n) is 4.36. The van der Waals surface area contributed by atoms with Crippen molar-refractivity contribution in [1.82, 2.24) is 14.1 Å². The van der Waals surface area contributed by atoms with Gasteiger partial charge in [-0.2, -0.15) is 22.6 Å².